The Kier molecular flexibility index (Phi) is 2.14. The van der Waals surface area contributed by atoms with Gasteiger partial charge in [-0.15, -0.1) is 10.2 Å². The Balaban J connectivity index is 2.08. The molecule has 16 heavy (non-hydrogen) atoms. The minimum absolute atomic E-state index is 0.258. The molecule has 0 spiro atoms. The Labute approximate surface area is 97.3 Å². The van der Waals surface area contributed by atoms with Gasteiger partial charge in [0.05, 0.1) is 0 Å². The second-order valence-electron chi connectivity index (χ2n) is 3.90. The van der Waals surface area contributed by atoms with Gasteiger partial charge in [0.15, 0.2) is 11.0 Å². The Morgan fingerprint density at radius 1 is 1.44 bits per heavy atom. The molecule has 2 aromatic rings. The van der Waals surface area contributed by atoms with Crippen LogP contribution in [-0.2, 0) is 6.54 Å². The molecule has 4 nitrogen and oxygen atoms in total. The van der Waals surface area contributed by atoms with E-state index in [4.69, 9.17) is 0 Å². The Morgan fingerprint density at radius 3 is 3.12 bits per heavy atom. The van der Waals surface area contributed by atoms with E-state index in [2.05, 4.69) is 21.7 Å². The van der Waals surface area contributed by atoms with Gasteiger partial charge in [-0.3, -0.25) is 0 Å². The number of nitrogens with zero attached hydrogens (tertiary/aromatic N) is 3. The summed E-state index contributed by atoms with van der Waals surface area (Å²) in [4.78, 5) is 0. The molecule has 1 aromatic carbocycles. The maximum Gasteiger partial charge on any atom is 0.191 e. The Morgan fingerprint density at radius 2 is 2.31 bits per heavy atom. The molecule has 1 atom stereocenters. The van der Waals surface area contributed by atoms with Crippen molar-refractivity contribution in [2.24, 2.45) is 0 Å². The largest absolute Gasteiger partial charge is 0.508 e. The first-order chi connectivity index (χ1) is 7.74. The lowest BCUT2D eigenvalue weighted by Gasteiger charge is -2.03. The van der Waals surface area contributed by atoms with E-state index in [1.54, 1.807) is 23.9 Å². The van der Waals surface area contributed by atoms with E-state index in [1.807, 2.05) is 12.1 Å². The summed E-state index contributed by atoms with van der Waals surface area (Å²) in [5.41, 5.74) is 0.911. The second-order valence-corrected chi connectivity index (χ2v) is 5.30. The van der Waals surface area contributed by atoms with Gasteiger partial charge < -0.3 is 9.67 Å². The number of fused-ring (bicyclic) bond motifs is 1. The fourth-order valence-electron chi connectivity index (χ4n) is 1.87. The van der Waals surface area contributed by atoms with Crippen LogP contribution in [0.1, 0.15) is 6.92 Å². The zero-order valence-electron chi connectivity index (χ0n) is 8.79. The van der Waals surface area contributed by atoms with Crippen molar-refractivity contribution in [1.82, 2.24) is 14.8 Å². The van der Waals surface area contributed by atoms with Crippen LogP contribution in [0.15, 0.2) is 29.4 Å². The fraction of sp³-hybridized carbons (Fsp3) is 0.273. The Bertz CT molecular complexity index is 538. The maximum absolute atomic E-state index is 9.45. The van der Waals surface area contributed by atoms with Crippen molar-refractivity contribution in [3.05, 3.63) is 24.3 Å². The third-order valence-electron chi connectivity index (χ3n) is 2.57. The number of phenolic OH excluding ortho intramolecular Hbond substituents is 1. The molecule has 5 heteroatoms. The van der Waals surface area contributed by atoms with Crippen molar-refractivity contribution in [1.29, 1.82) is 0 Å². The van der Waals surface area contributed by atoms with E-state index in [1.165, 1.54) is 0 Å². The lowest BCUT2D eigenvalue weighted by Crippen LogP contribution is -2.02. The first-order valence-corrected chi connectivity index (χ1v) is 6.01. The summed E-state index contributed by atoms with van der Waals surface area (Å²) in [6, 6.07) is 7.12. The molecule has 0 bridgehead atoms. The Hall–Kier alpha value is -1.49. The summed E-state index contributed by atoms with van der Waals surface area (Å²) in [5, 5.41) is 19.3. The van der Waals surface area contributed by atoms with Crippen molar-refractivity contribution < 1.29 is 5.11 Å². The van der Waals surface area contributed by atoms with E-state index in [-0.39, 0.29) is 5.75 Å². The number of benzene rings is 1. The highest BCUT2D eigenvalue weighted by atomic mass is 32.2. The van der Waals surface area contributed by atoms with E-state index < -0.39 is 0 Å². The van der Waals surface area contributed by atoms with Crippen LogP contribution in [-0.4, -0.2) is 25.1 Å². The van der Waals surface area contributed by atoms with Crippen molar-refractivity contribution in [3.63, 3.8) is 0 Å². The van der Waals surface area contributed by atoms with Crippen LogP contribution in [0.25, 0.3) is 11.4 Å². The smallest absolute Gasteiger partial charge is 0.191 e. The van der Waals surface area contributed by atoms with Gasteiger partial charge in [0.1, 0.15) is 5.75 Å². The van der Waals surface area contributed by atoms with Crippen LogP contribution >= 0.6 is 11.8 Å². The topological polar surface area (TPSA) is 50.9 Å². The van der Waals surface area contributed by atoms with E-state index in [0.717, 1.165) is 23.1 Å². The summed E-state index contributed by atoms with van der Waals surface area (Å²) in [6.45, 7) is 3.10. The average Bonchev–Trinajstić information content (AvgIpc) is 2.76. The van der Waals surface area contributed by atoms with Crippen LogP contribution in [0.4, 0.5) is 0 Å². The summed E-state index contributed by atoms with van der Waals surface area (Å²) in [7, 11) is 0. The monoisotopic (exact) mass is 233 g/mol. The molecule has 0 amide bonds. The number of hydrogen-bond acceptors (Lipinski definition) is 4. The fourth-order valence-corrected chi connectivity index (χ4v) is 2.83. The van der Waals surface area contributed by atoms with E-state index in [0.29, 0.717) is 5.25 Å². The van der Waals surface area contributed by atoms with Gasteiger partial charge in [-0.25, -0.2) is 0 Å². The maximum atomic E-state index is 9.45. The van der Waals surface area contributed by atoms with E-state index in [9.17, 15) is 5.11 Å². The predicted octanol–water partition coefficient (Wildman–Crippen LogP) is 2.14. The van der Waals surface area contributed by atoms with Gasteiger partial charge in [-0.2, -0.15) is 0 Å². The highest BCUT2D eigenvalue weighted by Crippen LogP contribution is 2.34. The van der Waals surface area contributed by atoms with Crippen LogP contribution in [0.2, 0.25) is 0 Å². The second kappa shape index (κ2) is 3.52. The molecule has 0 saturated carbocycles. The number of thioether (sulfide) groups is 1. The molecule has 1 aromatic heterocycles. The molecule has 2 heterocycles. The number of aromatic hydroxyl groups is 1. The molecular weight excluding hydrogens is 222 g/mol. The summed E-state index contributed by atoms with van der Waals surface area (Å²) >= 11 is 1.74. The van der Waals surface area contributed by atoms with Crippen LogP contribution in [0.5, 0.6) is 5.75 Å². The lowest BCUT2D eigenvalue weighted by molar-refractivity contribution is 0.475. The quantitative estimate of drug-likeness (QED) is 0.820. The lowest BCUT2D eigenvalue weighted by atomic mass is 10.2. The van der Waals surface area contributed by atoms with Gasteiger partial charge in [-0.05, 0) is 12.1 Å². The number of hydrogen-bond donors (Lipinski definition) is 1. The average molecular weight is 233 g/mol. The molecular formula is C11H11N3OS. The van der Waals surface area contributed by atoms with Gasteiger partial charge in [0.25, 0.3) is 0 Å². The van der Waals surface area contributed by atoms with Crippen molar-refractivity contribution >= 4 is 11.8 Å². The van der Waals surface area contributed by atoms with E-state index >= 15 is 0 Å². The third-order valence-corrected chi connectivity index (χ3v) is 3.63. The highest BCUT2D eigenvalue weighted by Gasteiger charge is 2.24. The van der Waals surface area contributed by atoms with Crippen molar-refractivity contribution in [2.75, 3.05) is 0 Å². The van der Waals surface area contributed by atoms with Gasteiger partial charge >= 0.3 is 0 Å². The molecule has 0 saturated heterocycles. The van der Waals surface area contributed by atoms with Gasteiger partial charge in [0, 0.05) is 17.4 Å². The molecule has 0 radical (unpaired) electrons. The molecule has 1 N–H and O–H groups in total. The standard InChI is InChI=1S/C11H11N3OS/c1-7-6-14-10(12-13-11(14)16-7)8-3-2-4-9(15)5-8/h2-5,7,15H,6H2,1H3/t7-/m1/s1. The molecule has 0 unspecified atom stereocenters. The first-order valence-electron chi connectivity index (χ1n) is 5.13. The first kappa shape index (κ1) is 9.72. The number of aromatic nitrogens is 3. The summed E-state index contributed by atoms with van der Waals surface area (Å²) in [6.07, 6.45) is 0. The molecule has 0 fully saturated rings. The van der Waals surface area contributed by atoms with Crippen molar-refractivity contribution in [2.45, 2.75) is 23.9 Å². The van der Waals surface area contributed by atoms with Gasteiger partial charge in [-0.1, -0.05) is 30.8 Å². The SMILES string of the molecule is C[C@@H]1Cn2c(nnc2-c2cccc(O)c2)S1. The minimum Gasteiger partial charge on any atom is -0.508 e. The minimum atomic E-state index is 0.258. The zero-order valence-corrected chi connectivity index (χ0v) is 9.61. The van der Waals surface area contributed by atoms with Crippen LogP contribution in [0, 0.1) is 0 Å². The van der Waals surface area contributed by atoms with Crippen LogP contribution < -0.4 is 0 Å². The highest BCUT2D eigenvalue weighted by molar-refractivity contribution is 7.99. The number of phenols is 1. The van der Waals surface area contributed by atoms with Crippen molar-refractivity contribution in [3.8, 4) is 17.1 Å². The zero-order chi connectivity index (χ0) is 11.1. The molecule has 1 aliphatic rings. The molecule has 3 rings (SSSR count). The van der Waals surface area contributed by atoms with Crippen LogP contribution in [0.3, 0.4) is 0 Å². The van der Waals surface area contributed by atoms with Gasteiger partial charge in [0.2, 0.25) is 0 Å². The molecule has 0 aliphatic carbocycles. The molecule has 82 valence electrons. The summed E-state index contributed by atoms with van der Waals surface area (Å²) in [5.74, 6) is 1.09. The predicted molar refractivity (Wildman–Crippen MR) is 62.4 cm³/mol. The number of rotatable bonds is 1. The third kappa shape index (κ3) is 1.48. The normalized spacial score (nSPS) is 18.7. The summed E-state index contributed by atoms with van der Waals surface area (Å²) < 4.78 is 2.10. The molecule has 1 aliphatic heterocycles.